The number of para-hydroxylation sites is 1. The summed E-state index contributed by atoms with van der Waals surface area (Å²) in [6.45, 7) is 4.93. The van der Waals surface area contributed by atoms with Crippen LogP contribution in [-0.4, -0.2) is 43.3 Å². The van der Waals surface area contributed by atoms with Crippen molar-refractivity contribution in [2.45, 2.75) is 18.4 Å². The SMILES string of the molecule is CCOc1ccc(SCC(=O)N2CCN(C)c3ccccc3C2)cc1. The van der Waals surface area contributed by atoms with E-state index < -0.39 is 0 Å². The van der Waals surface area contributed by atoms with Gasteiger partial charge in [-0.05, 0) is 42.8 Å². The van der Waals surface area contributed by atoms with Gasteiger partial charge >= 0.3 is 0 Å². The molecular formula is C20H24N2O2S. The van der Waals surface area contributed by atoms with E-state index >= 15 is 0 Å². The molecule has 0 aliphatic carbocycles. The van der Waals surface area contributed by atoms with Crippen molar-refractivity contribution in [3.05, 3.63) is 54.1 Å². The minimum absolute atomic E-state index is 0.184. The molecule has 0 spiro atoms. The maximum atomic E-state index is 12.7. The molecule has 0 fully saturated rings. The number of hydrogen-bond donors (Lipinski definition) is 0. The van der Waals surface area contributed by atoms with Gasteiger partial charge in [0.05, 0.1) is 12.4 Å². The van der Waals surface area contributed by atoms with Crippen molar-refractivity contribution in [2.75, 3.05) is 37.4 Å². The molecule has 0 radical (unpaired) electrons. The third-order valence-electron chi connectivity index (χ3n) is 4.32. The smallest absolute Gasteiger partial charge is 0.233 e. The Hall–Kier alpha value is -2.14. The van der Waals surface area contributed by atoms with Gasteiger partial charge in [-0.1, -0.05) is 18.2 Å². The predicted octanol–water partition coefficient (Wildman–Crippen LogP) is 3.66. The zero-order valence-corrected chi connectivity index (χ0v) is 15.6. The molecular weight excluding hydrogens is 332 g/mol. The number of hydrogen-bond acceptors (Lipinski definition) is 4. The lowest BCUT2D eigenvalue weighted by Crippen LogP contribution is -2.35. The van der Waals surface area contributed by atoms with Gasteiger partial charge < -0.3 is 14.5 Å². The summed E-state index contributed by atoms with van der Waals surface area (Å²) >= 11 is 1.58. The minimum Gasteiger partial charge on any atom is -0.494 e. The Bertz CT molecular complexity index is 718. The number of carbonyl (C=O) groups is 1. The number of nitrogens with zero attached hydrogens (tertiary/aromatic N) is 2. The normalized spacial score (nSPS) is 14.0. The molecule has 0 N–H and O–H groups in total. The molecule has 0 atom stereocenters. The van der Waals surface area contributed by atoms with E-state index in [1.54, 1.807) is 11.8 Å². The van der Waals surface area contributed by atoms with E-state index in [0.29, 0.717) is 18.9 Å². The second-order valence-electron chi connectivity index (χ2n) is 6.06. The van der Waals surface area contributed by atoms with E-state index in [1.165, 1.54) is 11.3 Å². The van der Waals surface area contributed by atoms with Crippen LogP contribution in [0.25, 0.3) is 0 Å². The van der Waals surface area contributed by atoms with Gasteiger partial charge in [0, 0.05) is 37.3 Å². The van der Waals surface area contributed by atoms with Gasteiger partial charge in [-0.25, -0.2) is 0 Å². The van der Waals surface area contributed by atoms with E-state index in [4.69, 9.17) is 4.74 Å². The van der Waals surface area contributed by atoms with Gasteiger partial charge in [0.25, 0.3) is 0 Å². The second-order valence-corrected chi connectivity index (χ2v) is 7.11. The molecule has 0 unspecified atom stereocenters. The standard InChI is InChI=1S/C20H24N2O2S/c1-3-24-17-8-10-18(11-9-17)25-15-20(23)22-13-12-21(2)19-7-5-4-6-16(19)14-22/h4-11H,3,12-15H2,1-2H3. The first-order chi connectivity index (χ1) is 12.2. The summed E-state index contributed by atoms with van der Waals surface area (Å²) in [4.78, 5) is 17.9. The number of thioether (sulfide) groups is 1. The maximum absolute atomic E-state index is 12.7. The van der Waals surface area contributed by atoms with Gasteiger partial charge in [-0.15, -0.1) is 11.8 Å². The highest BCUT2D eigenvalue weighted by Crippen LogP contribution is 2.25. The summed E-state index contributed by atoms with van der Waals surface area (Å²) in [5, 5.41) is 0. The molecule has 2 aromatic rings. The summed E-state index contributed by atoms with van der Waals surface area (Å²) in [5.41, 5.74) is 2.43. The third-order valence-corrected chi connectivity index (χ3v) is 5.32. The van der Waals surface area contributed by atoms with Crippen LogP contribution in [0.2, 0.25) is 0 Å². The van der Waals surface area contributed by atoms with E-state index in [-0.39, 0.29) is 5.91 Å². The first-order valence-corrected chi connectivity index (χ1v) is 9.58. The molecule has 1 aliphatic heterocycles. The summed E-state index contributed by atoms with van der Waals surface area (Å²) in [6, 6.07) is 16.2. The van der Waals surface area contributed by atoms with Gasteiger partial charge in [0.15, 0.2) is 0 Å². The van der Waals surface area contributed by atoms with E-state index in [0.717, 1.165) is 23.7 Å². The zero-order valence-electron chi connectivity index (χ0n) is 14.8. The van der Waals surface area contributed by atoms with Crippen LogP contribution < -0.4 is 9.64 Å². The average molecular weight is 356 g/mol. The van der Waals surface area contributed by atoms with Gasteiger partial charge in [-0.3, -0.25) is 4.79 Å². The van der Waals surface area contributed by atoms with Crippen LogP contribution in [-0.2, 0) is 11.3 Å². The number of amides is 1. The average Bonchev–Trinajstić information content (AvgIpc) is 2.81. The number of anilines is 1. The molecule has 1 aliphatic rings. The van der Waals surface area contributed by atoms with Crippen molar-refractivity contribution in [3.8, 4) is 5.75 Å². The Morgan fingerprint density at radius 2 is 1.88 bits per heavy atom. The van der Waals surface area contributed by atoms with Crippen LogP contribution in [0.3, 0.4) is 0 Å². The van der Waals surface area contributed by atoms with Gasteiger partial charge in [0.1, 0.15) is 5.75 Å². The van der Waals surface area contributed by atoms with Crippen molar-refractivity contribution < 1.29 is 9.53 Å². The highest BCUT2D eigenvalue weighted by Gasteiger charge is 2.20. The van der Waals surface area contributed by atoms with Crippen molar-refractivity contribution in [2.24, 2.45) is 0 Å². The number of benzene rings is 2. The molecule has 132 valence electrons. The zero-order chi connectivity index (χ0) is 17.6. The molecule has 5 heteroatoms. The minimum atomic E-state index is 0.184. The van der Waals surface area contributed by atoms with Crippen molar-refractivity contribution in [1.29, 1.82) is 0 Å². The Balaban J connectivity index is 1.60. The fourth-order valence-electron chi connectivity index (χ4n) is 2.94. The molecule has 0 saturated carbocycles. The first-order valence-electron chi connectivity index (χ1n) is 8.60. The third kappa shape index (κ3) is 4.48. The molecule has 0 bridgehead atoms. The molecule has 0 aromatic heterocycles. The molecule has 1 amide bonds. The second kappa shape index (κ2) is 8.30. The van der Waals surface area contributed by atoms with E-state index in [2.05, 4.69) is 30.1 Å². The van der Waals surface area contributed by atoms with Gasteiger partial charge in [-0.2, -0.15) is 0 Å². The Kier molecular flexibility index (Phi) is 5.87. The van der Waals surface area contributed by atoms with Gasteiger partial charge in [0.2, 0.25) is 5.91 Å². The van der Waals surface area contributed by atoms with Crippen molar-refractivity contribution >= 4 is 23.4 Å². The molecule has 4 nitrogen and oxygen atoms in total. The van der Waals surface area contributed by atoms with Crippen LogP contribution in [0.1, 0.15) is 12.5 Å². The predicted molar refractivity (Wildman–Crippen MR) is 103 cm³/mol. The highest BCUT2D eigenvalue weighted by molar-refractivity contribution is 8.00. The van der Waals surface area contributed by atoms with Crippen LogP contribution in [0.15, 0.2) is 53.4 Å². The van der Waals surface area contributed by atoms with Crippen LogP contribution in [0.5, 0.6) is 5.75 Å². The lowest BCUT2D eigenvalue weighted by molar-refractivity contribution is -0.128. The van der Waals surface area contributed by atoms with Crippen molar-refractivity contribution in [1.82, 2.24) is 4.90 Å². The lowest BCUT2D eigenvalue weighted by Gasteiger charge is -2.21. The fourth-order valence-corrected chi connectivity index (χ4v) is 3.74. The van der Waals surface area contributed by atoms with Crippen LogP contribution in [0.4, 0.5) is 5.69 Å². The maximum Gasteiger partial charge on any atom is 0.233 e. The summed E-state index contributed by atoms with van der Waals surface area (Å²) in [5.74, 6) is 1.51. The summed E-state index contributed by atoms with van der Waals surface area (Å²) in [7, 11) is 2.08. The Labute approximate surface area is 153 Å². The molecule has 2 aromatic carbocycles. The molecule has 25 heavy (non-hydrogen) atoms. The molecule has 3 rings (SSSR count). The first kappa shape index (κ1) is 17.7. The van der Waals surface area contributed by atoms with Crippen LogP contribution in [0, 0.1) is 0 Å². The van der Waals surface area contributed by atoms with E-state index in [9.17, 15) is 4.79 Å². The fraction of sp³-hybridized carbons (Fsp3) is 0.350. The monoisotopic (exact) mass is 356 g/mol. The number of ether oxygens (including phenoxy) is 1. The quantitative estimate of drug-likeness (QED) is 0.766. The highest BCUT2D eigenvalue weighted by atomic mass is 32.2. The largest absolute Gasteiger partial charge is 0.494 e. The summed E-state index contributed by atoms with van der Waals surface area (Å²) < 4.78 is 5.45. The number of likely N-dealkylation sites (N-methyl/N-ethyl adjacent to an activating group) is 1. The van der Waals surface area contributed by atoms with Crippen molar-refractivity contribution in [3.63, 3.8) is 0 Å². The molecule has 1 heterocycles. The number of fused-ring (bicyclic) bond motifs is 1. The topological polar surface area (TPSA) is 32.8 Å². The number of rotatable bonds is 5. The van der Waals surface area contributed by atoms with E-state index in [1.807, 2.05) is 42.2 Å². The lowest BCUT2D eigenvalue weighted by atomic mass is 10.1. The Morgan fingerprint density at radius 3 is 2.64 bits per heavy atom. The van der Waals surface area contributed by atoms with Crippen LogP contribution >= 0.6 is 11.8 Å². The summed E-state index contributed by atoms with van der Waals surface area (Å²) in [6.07, 6.45) is 0. The Morgan fingerprint density at radius 1 is 1.12 bits per heavy atom. The molecule has 0 saturated heterocycles. The number of carbonyl (C=O) groups excluding carboxylic acids is 1.